The maximum atomic E-state index is 12.3. The van der Waals surface area contributed by atoms with Gasteiger partial charge >= 0.3 is 7.60 Å². The maximum absolute atomic E-state index is 12.3. The third kappa shape index (κ3) is 13.7. The van der Waals surface area contributed by atoms with Crippen LogP contribution in [0.2, 0.25) is 16.6 Å². The average molecular weight is 680 g/mol. The van der Waals surface area contributed by atoms with Gasteiger partial charge in [0.05, 0.1) is 25.6 Å². The van der Waals surface area contributed by atoms with Crippen molar-refractivity contribution in [3.8, 4) is 11.5 Å². The first-order valence-corrected chi connectivity index (χ1v) is 21.5. The molecule has 262 valence electrons. The number of aromatic nitrogens is 4. The number of anilines is 1. The summed E-state index contributed by atoms with van der Waals surface area (Å²) in [7, 11) is -5.42. The summed E-state index contributed by atoms with van der Waals surface area (Å²) in [6.07, 6.45) is 15.1. The molecule has 0 bridgehead atoms. The van der Waals surface area contributed by atoms with Crippen LogP contribution in [0.3, 0.4) is 0 Å². The molecule has 0 saturated heterocycles. The molecule has 0 spiro atoms. The van der Waals surface area contributed by atoms with Crippen LogP contribution >= 0.6 is 7.60 Å². The Bertz CT molecular complexity index is 1220. The summed E-state index contributed by atoms with van der Waals surface area (Å²) in [4.78, 5) is 22.4. The van der Waals surface area contributed by atoms with Crippen molar-refractivity contribution in [1.29, 1.82) is 0 Å². The van der Waals surface area contributed by atoms with Crippen molar-refractivity contribution in [3.05, 3.63) is 12.7 Å². The molecule has 0 saturated carbocycles. The molecule has 1 unspecified atom stereocenters. The van der Waals surface area contributed by atoms with Gasteiger partial charge in [-0.15, -0.1) is 11.5 Å². The number of unbranched alkanes of at least 4 members (excludes halogenated alkanes) is 9. The highest BCUT2D eigenvalue weighted by molar-refractivity contribution is 7.52. The highest BCUT2D eigenvalue weighted by atomic mass is 31.2. The number of imidazole rings is 1. The third-order valence-corrected chi connectivity index (χ3v) is 16.3. The molecule has 0 aromatic carbocycles. The van der Waals surface area contributed by atoms with E-state index in [1.807, 2.05) is 0 Å². The summed E-state index contributed by atoms with van der Waals surface area (Å²) >= 11 is 0. The minimum absolute atomic E-state index is 0.150. The first kappa shape index (κ1) is 40.4. The van der Waals surface area contributed by atoms with Gasteiger partial charge in [-0.1, -0.05) is 86.5 Å². The minimum Gasteiger partial charge on any atom is -0.382 e. The molecule has 12 heteroatoms. The number of ether oxygens (including phenoxy) is 2. The summed E-state index contributed by atoms with van der Waals surface area (Å²) < 4.78 is 30.6. The standard InChI is InChI=1S/C34H62N5O5PSi/c1-28(2)46(29(3)4,30(5)6)23-18-16-14-12-10-8-9-11-13-15-17-20-42-21-19-22-44-45(40,41)27-43-31(7)24-39-26-38-32-33(35)36-25-37-34(32)39/h25-26,28-31H,8-17,19-22,24,27H2,1-7H3,(H,40,41)(H2,35,36,37)/t31-/m1/s1. The summed E-state index contributed by atoms with van der Waals surface area (Å²) in [5.74, 6) is 3.91. The Hall–Kier alpha value is -1.80. The quantitative estimate of drug-likeness (QED) is 0.0485. The van der Waals surface area contributed by atoms with Gasteiger partial charge in [0.25, 0.3) is 0 Å². The lowest BCUT2D eigenvalue weighted by Gasteiger charge is -2.38. The lowest BCUT2D eigenvalue weighted by atomic mass is 10.1. The van der Waals surface area contributed by atoms with Crippen molar-refractivity contribution in [2.75, 3.05) is 31.9 Å². The molecule has 2 atom stereocenters. The Morgan fingerprint density at radius 3 is 2.07 bits per heavy atom. The van der Waals surface area contributed by atoms with Gasteiger partial charge in [-0.25, -0.2) is 15.0 Å². The van der Waals surface area contributed by atoms with Gasteiger partial charge < -0.3 is 29.2 Å². The van der Waals surface area contributed by atoms with Gasteiger partial charge in [-0.05, 0) is 42.8 Å². The molecule has 0 aliphatic heterocycles. The van der Waals surface area contributed by atoms with Crippen LogP contribution in [0.5, 0.6) is 0 Å². The van der Waals surface area contributed by atoms with Crippen LogP contribution in [0.1, 0.15) is 119 Å². The molecule has 2 heterocycles. The topological polar surface area (TPSA) is 135 Å². The van der Waals surface area contributed by atoms with Crippen LogP contribution in [-0.2, 0) is 25.1 Å². The van der Waals surface area contributed by atoms with E-state index < -0.39 is 15.7 Å². The van der Waals surface area contributed by atoms with Gasteiger partial charge in [0.1, 0.15) is 26.3 Å². The molecular weight excluding hydrogens is 617 g/mol. The number of fused-ring (bicyclic) bond motifs is 1. The van der Waals surface area contributed by atoms with Crippen molar-refractivity contribution in [2.24, 2.45) is 0 Å². The third-order valence-electron chi connectivity index (χ3n) is 8.89. The number of hydrogen-bond acceptors (Lipinski definition) is 8. The molecule has 3 N–H and O–H groups in total. The zero-order valence-electron chi connectivity index (χ0n) is 29.7. The van der Waals surface area contributed by atoms with E-state index in [1.54, 1.807) is 17.8 Å². The van der Waals surface area contributed by atoms with Gasteiger partial charge in [-0.3, -0.25) is 4.57 Å². The van der Waals surface area contributed by atoms with E-state index in [0.717, 1.165) is 12.8 Å². The molecule has 0 amide bonds. The van der Waals surface area contributed by atoms with Crippen molar-refractivity contribution >= 4 is 32.7 Å². The molecule has 10 nitrogen and oxygen atoms in total. The van der Waals surface area contributed by atoms with E-state index in [-0.39, 0.29) is 19.1 Å². The normalized spacial score (nSPS) is 14.2. The minimum atomic E-state index is -3.85. The Labute approximate surface area is 279 Å². The first-order valence-electron chi connectivity index (χ1n) is 17.5. The molecule has 2 aromatic heterocycles. The number of rotatable bonds is 24. The van der Waals surface area contributed by atoms with E-state index in [4.69, 9.17) is 19.7 Å². The molecule has 2 aromatic rings. The summed E-state index contributed by atoms with van der Waals surface area (Å²) in [6.45, 7) is 17.9. The van der Waals surface area contributed by atoms with Crippen molar-refractivity contribution in [3.63, 3.8) is 0 Å². The highest BCUT2D eigenvalue weighted by Crippen LogP contribution is 2.42. The Morgan fingerprint density at radius 1 is 0.848 bits per heavy atom. The fourth-order valence-corrected chi connectivity index (χ4v) is 12.6. The second-order valence-electron chi connectivity index (χ2n) is 13.5. The van der Waals surface area contributed by atoms with Gasteiger partial charge in [0.2, 0.25) is 0 Å². The number of nitrogens with two attached hydrogens (primary N) is 1. The Kier molecular flexibility index (Phi) is 18.6. The van der Waals surface area contributed by atoms with E-state index in [0.29, 0.717) is 59.8 Å². The zero-order chi connectivity index (χ0) is 34.0. The summed E-state index contributed by atoms with van der Waals surface area (Å²) in [5.41, 5.74) is 12.9. The molecule has 0 fully saturated rings. The number of nitrogen functional groups attached to an aromatic ring is 1. The van der Waals surface area contributed by atoms with Crippen LogP contribution in [0.15, 0.2) is 12.7 Å². The SMILES string of the molecule is CC(C)[Si](C#CCCCCCCCCCCCOCCCOP(=O)(O)CO[C@H](C)Cn1cnc2c(N)ncnc21)(C(C)C)C(C)C. The first-order chi connectivity index (χ1) is 21.9. The van der Waals surface area contributed by atoms with E-state index in [1.165, 1.54) is 57.7 Å². The highest BCUT2D eigenvalue weighted by Gasteiger charge is 2.41. The number of nitrogens with zero attached hydrogens (tertiary/aromatic N) is 4. The van der Waals surface area contributed by atoms with Crippen LogP contribution < -0.4 is 5.73 Å². The lowest BCUT2D eigenvalue weighted by molar-refractivity contribution is 0.0688. The fraction of sp³-hybridized carbons (Fsp3) is 0.794. The van der Waals surface area contributed by atoms with E-state index in [9.17, 15) is 9.46 Å². The molecular formula is C34H62N5O5PSi. The predicted octanol–water partition coefficient (Wildman–Crippen LogP) is 8.50. The maximum Gasteiger partial charge on any atom is 0.353 e. The van der Waals surface area contributed by atoms with Gasteiger partial charge in [0.15, 0.2) is 11.5 Å². The van der Waals surface area contributed by atoms with Crippen LogP contribution in [0.4, 0.5) is 5.82 Å². The molecule has 0 radical (unpaired) electrons. The fourth-order valence-electron chi connectivity index (χ4n) is 6.39. The Balaban J connectivity index is 1.41. The van der Waals surface area contributed by atoms with Crippen molar-refractivity contribution in [2.45, 2.75) is 148 Å². The molecule has 0 aliphatic carbocycles. The molecule has 2 rings (SSSR count). The second kappa shape index (κ2) is 21.2. The van der Waals surface area contributed by atoms with Crippen molar-refractivity contribution < 1.29 is 23.5 Å². The van der Waals surface area contributed by atoms with Gasteiger partial charge in [-0.2, -0.15) is 0 Å². The average Bonchev–Trinajstić information content (AvgIpc) is 3.40. The summed E-state index contributed by atoms with van der Waals surface area (Å²) in [5, 5.41) is 0. The molecule has 46 heavy (non-hydrogen) atoms. The number of hydrogen-bond donors (Lipinski definition) is 2. The van der Waals surface area contributed by atoms with Crippen molar-refractivity contribution in [1.82, 2.24) is 19.5 Å². The zero-order valence-corrected chi connectivity index (χ0v) is 31.6. The van der Waals surface area contributed by atoms with E-state index >= 15 is 0 Å². The monoisotopic (exact) mass is 679 g/mol. The smallest absolute Gasteiger partial charge is 0.353 e. The van der Waals surface area contributed by atoms with Gasteiger partial charge in [0, 0.05) is 19.6 Å². The summed E-state index contributed by atoms with van der Waals surface area (Å²) in [6, 6.07) is 0. The largest absolute Gasteiger partial charge is 0.382 e. The molecule has 0 aliphatic rings. The lowest BCUT2D eigenvalue weighted by Crippen LogP contribution is -2.43. The predicted molar refractivity (Wildman–Crippen MR) is 191 cm³/mol. The van der Waals surface area contributed by atoms with E-state index in [2.05, 4.69) is 68.0 Å². The van der Waals surface area contributed by atoms with Crippen LogP contribution in [0, 0.1) is 11.5 Å². The Morgan fingerprint density at radius 2 is 1.43 bits per heavy atom. The second-order valence-corrected chi connectivity index (χ2v) is 20.9. The van der Waals surface area contributed by atoms with Crippen LogP contribution in [-0.4, -0.2) is 64.8 Å². The van der Waals surface area contributed by atoms with Crippen LogP contribution in [0.25, 0.3) is 11.2 Å².